The molecule has 0 heterocycles. The number of Topliss-reactive ketones (excluding diaryl/α,β-unsaturated/α-hetero) is 1. The summed E-state index contributed by atoms with van der Waals surface area (Å²) in [7, 11) is 0. The molecule has 2 unspecified atom stereocenters. The number of hydrogen-bond donors (Lipinski definition) is 0. The molecule has 0 spiro atoms. The van der Waals surface area contributed by atoms with E-state index in [1.54, 1.807) is 0 Å². The summed E-state index contributed by atoms with van der Waals surface area (Å²) in [6.45, 7) is 8.46. The van der Waals surface area contributed by atoms with Crippen LogP contribution in [0, 0.1) is 17.3 Å². The molecule has 0 aromatic carbocycles. The SMILES string of the molecule is CC1CC(=O)C(C)(C)C1C. The third kappa shape index (κ3) is 0.882. The first-order valence-corrected chi connectivity index (χ1v) is 3.99. The number of carbonyl (C=O) groups is 1. The van der Waals surface area contributed by atoms with Crippen LogP contribution in [0.3, 0.4) is 0 Å². The highest BCUT2D eigenvalue weighted by Crippen LogP contribution is 2.42. The zero-order valence-corrected chi connectivity index (χ0v) is 7.27. The van der Waals surface area contributed by atoms with Gasteiger partial charge in [-0.25, -0.2) is 0 Å². The van der Waals surface area contributed by atoms with Gasteiger partial charge in [-0.2, -0.15) is 0 Å². The number of hydrogen-bond acceptors (Lipinski definition) is 1. The van der Waals surface area contributed by atoms with Gasteiger partial charge in [0, 0.05) is 11.8 Å². The molecule has 0 aromatic heterocycles. The maximum absolute atomic E-state index is 11.3. The summed E-state index contributed by atoms with van der Waals surface area (Å²) in [4.78, 5) is 11.3. The van der Waals surface area contributed by atoms with Crippen LogP contribution in [0.4, 0.5) is 0 Å². The predicted molar refractivity (Wildman–Crippen MR) is 41.7 cm³/mol. The molecule has 0 aromatic rings. The molecule has 0 amide bonds. The third-order valence-corrected chi connectivity index (χ3v) is 3.22. The van der Waals surface area contributed by atoms with Gasteiger partial charge in [-0.1, -0.05) is 27.7 Å². The lowest BCUT2D eigenvalue weighted by atomic mass is 9.80. The van der Waals surface area contributed by atoms with E-state index in [0.29, 0.717) is 17.6 Å². The standard InChI is InChI=1S/C9H16O/c1-6-5-8(10)9(3,4)7(6)2/h6-7H,5H2,1-4H3. The fraction of sp³-hybridized carbons (Fsp3) is 0.889. The minimum atomic E-state index is -0.0561. The minimum Gasteiger partial charge on any atom is -0.299 e. The lowest BCUT2D eigenvalue weighted by Gasteiger charge is -2.23. The van der Waals surface area contributed by atoms with Crippen LogP contribution in [0.25, 0.3) is 0 Å². The molecule has 1 heteroatoms. The van der Waals surface area contributed by atoms with Crippen LogP contribution in [0.5, 0.6) is 0 Å². The number of rotatable bonds is 0. The largest absolute Gasteiger partial charge is 0.299 e. The Kier molecular flexibility index (Phi) is 1.61. The van der Waals surface area contributed by atoms with Crippen molar-refractivity contribution in [3.05, 3.63) is 0 Å². The maximum Gasteiger partial charge on any atom is 0.139 e. The van der Waals surface area contributed by atoms with Gasteiger partial charge < -0.3 is 0 Å². The normalized spacial score (nSPS) is 38.6. The van der Waals surface area contributed by atoms with Crippen LogP contribution in [0.15, 0.2) is 0 Å². The van der Waals surface area contributed by atoms with Crippen LogP contribution in [-0.4, -0.2) is 5.78 Å². The molecule has 1 aliphatic carbocycles. The zero-order valence-electron chi connectivity index (χ0n) is 7.27. The average Bonchev–Trinajstić information content (AvgIpc) is 1.97. The Bertz CT molecular complexity index is 158. The van der Waals surface area contributed by atoms with Gasteiger partial charge in [0.1, 0.15) is 5.78 Å². The average molecular weight is 140 g/mol. The van der Waals surface area contributed by atoms with E-state index < -0.39 is 0 Å². The summed E-state index contributed by atoms with van der Waals surface area (Å²) < 4.78 is 0. The summed E-state index contributed by atoms with van der Waals surface area (Å²) in [6, 6.07) is 0. The monoisotopic (exact) mass is 140 g/mol. The fourth-order valence-electron chi connectivity index (χ4n) is 1.70. The van der Waals surface area contributed by atoms with Gasteiger partial charge in [0.25, 0.3) is 0 Å². The molecule has 58 valence electrons. The van der Waals surface area contributed by atoms with Crippen molar-refractivity contribution in [1.29, 1.82) is 0 Å². The second-order valence-corrected chi connectivity index (χ2v) is 4.11. The molecule has 10 heavy (non-hydrogen) atoms. The Hall–Kier alpha value is -0.330. The van der Waals surface area contributed by atoms with E-state index >= 15 is 0 Å². The van der Waals surface area contributed by atoms with Gasteiger partial charge in [0.15, 0.2) is 0 Å². The van der Waals surface area contributed by atoms with Gasteiger partial charge in [0.2, 0.25) is 0 Å². The van der Waals surface area contributed by atoms with Crippen molar-refractivity contribution in [2.45, 2.75) is 34.1 Å². The number of ketones is 1. The molecule has 1 fully saturated rings. The second kappa shape index (κ2) is 2.08. The van der Waals surface area contributed by atoms with Gasteiger partial charge in [-0.15, -0.1) is 0 Å². The van der Waals surface area contributed by atoms with Crippen LogP contribution in [-0.2, 0) is 4.79 Å². The van der Waals surface area contributed by atoms with Crippen LogP contribution < -0.4 is 0 Å². The summed E-state index contributed by atoms with van der Waals surface area (Å²) in [6.07, 6.45) is 0.786. The summed E-state index contributed by atoms with van der Waals surface area (Å²) in [5, 5.41) is 0. The zero-order chi connectivity index (χ0) is 7.94. The highest BCUT2D eigenvalue weighted by atomic mass is 16.1. The summed E-state index contributed by atoms with van der Waals surface area (Å²) >= 11 is 0. The highest BCUT2D eigenvalue weighted by Gasteiger charge is 2.43. The molecular weight excluding hydrogens is 124 g/mol. The minimum absolute atomic E-state index is 0.0561. The lowest BCUT2D eigenvalue weighted by molar-refractivity contribution is -0.125. The van der Waals surface area contributed by atoms with Gasteiger partial charge >= 0.3 is 0 Å². The Labute approximate surface area is 62.8 Å². The van der Waals surface area contributed by atoms with E-state index in [1.165, 1.54) is 0 Å². The van der Waals surface area contributed by atoms with Gasteiger partial charge in [0.05, 0.1) is 0 Å². The highest BCUT2D eigenvalue weighted by molar-refractivity contribution is 5.86. The molecule has 0 saturated heterocycles. The van der Waals surface area contributed by atoms with E-state index in [2.05, 4.69) is 27.7 Å². The molecule has 2 atom stereocenters. The Balaban J connectivity index is 2.85. The van der Waals surface area contributed by atoms with E-state index in [-0.39, 0.29) is 5.41 Å². The Morgan fingerprint density at radius 1 is 1.40 bits per heavy atom. The first kappa shape index (κ1) is 7.77. The molecule has 1 aliphatic rings. The maximum atomic E-state index is 11.3. The van der Waals surface area contributed by atoms with Crippen molar-refractivity contribution in [1.82, 2.24) is 0 Å². The number of carbonyl (C=O) groups excluding carboxylic acids is 1. The molecule has 0 aliphatic heterocycles. The van der Waals surface area contributed by atoms with Crippen LogP contribution >= 0.6 is 0 Å². The van der Waals surface area contributed by atoms with Crippen LogP contribution in [0.2, 0.25) is 0 Å². The summed E-state index contributed by atoms with van der Waals surface area (Å²) in [5.74, 6) is 1.58. The Morgan fingerprint density at radius 3 is 2.00 bits per heavy atom. The Morgan fingerprint density at radius 2 is 1.90 bits per heavy atom. The molecule has 0 N–H and O–H groups in total. The van der Waals surface area contributed by atoms with Crippen molar-refractivity contribution in [2.24, 2.45) is 17.3 Å². The van der Waals surface area contributed by atoms with E-state index in [0.717, 1.165) is 6.42 Å². The first-order valence-electron chi connectivity index (χ1n) is 3.99. The predicted octanol–water partition coefficient (Wildman–Crippen LogP) is 2.26. The van der Waals surface area contributed by atoms with Crippen molar-refractivity contribution in [2.75, 3.05) is 0 Å². The lowest BCUT2D eigenvalue weighted by Crippen LogP contribution is -2.23. The molecule has 0 bridgehead atoms. The van der Waals surface area contributed by atoms with Crippen molar-refractivity contribution >= 4 is 5.78 Å². The smallest absolute Gasteiger partial charge is 0.139 e. The fourth-order valence-corrected chi connectivity index (χ4v) is 1.70. The third-order valence-electron chi connectivity index (χ3n) is 3.22. The first-order chi connectivity index (χ1) is 4.46. The van der Waals surface area contributed by atoms with Crippen molar-refractivity contribution in [3.63, 3.8) is 0 Å². The van der Waals surface area contributed by atoms with Gasteiger partial charge in [-0.3, -0.25) is 4.79 Å². The van der Waals surface area contributed by atoms with E-state index in [1.807, 2.05) is 0 Å². The van der Waals surface area contributed by atoms with Crippen molar-refractivity contribution < 1.29 is 4.79 Å². The molecule has 0 radical (unpaired) electrons. The molecule has 1 rings (SSSR count). The van der Waals surface area contributed by atoms with Gasteiger partial charge in [-0.05, 0) is 11.8 Å². The molecular formula is C9H16O. The quantitative estimate of drug-likeness (QED) is 0.504. The molecule has 1 nitrogen and oxygen atoms in total. The second-order valence-electron chi connectivity index (χ2n) is 4.11. The van der Waals surface area contributed by atoms with E-state index in [9.17, 15) is 4.79 Å². The van der Waals surface area contributed by atoms with Crippen LogP contribution in [0.1, 0.15) is 34.1 Å². The van der Waals surface area contributed by atoms with Crippen molar-refractivity contribution in [3.8, 4) is 0 Å². The topological polar surface area (TPSA) is 17.1 Å². The van der Waals surface area contributed by atoms with E-state index in [4.69, 9.17) is 0 Å². The summed E-state index contributed by atoms with van der Waals surface area (Å²) in [5.41, 5.74) is -0.0561. The molecule has 1 saturated carbocycles.